The van der Waals surface area contributed by atoms with E-state index in [2.05, 4.69) is 53.5 Å². The van der Waals surface area contributed by atoms with Crippen molar-refractivity contribution >= 4 is 22.5 Å². The molecule has 2 bridgehead atoms. The summed E-state index contributed by atoms with van der Waals surface area (Å²) >= 11 is 0. The molecule has 7 heteroatoms. The van der Waals surface area contributed by atoms with Gasteiger partial charge < -0.3 is 23.8 Å². The molecule has 0 amide bonds. The lowest BCUT2D eigenvalue weighted by molar-refractivity contribution is 0.122. The molecule has 10 rings (SSSR count). The average molecular weight is 684 g/mol. The Kier molecular flexibility index (Phi) is 6.85. The van der Waals surface area contributed by atoms with Crippen LogP contribution >= 0.6 is 0 Å². The highest BCUT2D eigenvalue weighted by atomic mass is 19.1. The first kappa shape index (κ1) is 30.9. The SMILES string of the molecule is COc1ccc(C2(c3ccc(N4CCOCC4)cc3)C=Cc3c4c(c5ccc(OC)cc5c3O2)-c2cc(F)cc(F)c2C42CC3CCC2C3)cc1. The zero-order valence-corrected chi connectivity index (χ0v) is 28.8. The number of morpholine rings is 1. The van der Waals surface area contributed by atoms with Gasteiger partial charge in [-0.3, -0.25) is 0 Å². The fourth-order valence-electron chi connectivity index (χ4n) is 10.3. The number of fused-ring (bicyclic) bond motifs is 13. The highest BCUT2D eigenvalue weighted by Gasteiger charge is 2.60. The van der Waals surface area contributed by atoms with E-state index in [9.17, 15) is 0 Å². The monoisotopic (exact) mass is 683 g/mol. The number of hydrogen-bond acceptors (Lipinski definition) is 5. The smallest absolute Gasteiger partial charge is 0.178 e. The van der Waals surface area contributed by atoms with E-state index < -0.39 is 22.7 Å². The fourth-order valence-corrected chi connectivity index (χ4v) is 10.3. The van der Waals surface area contributed by atoms with Gasteiger partial charge in [0.2, 0.25) is 0 Å². The Hall–Kier alpha value is -4.88. The van der Waals surface area contributed by atoms with Crippen molar-refractivity contribution in [1.82, 2.24) is 0 Å². The Labute approximate surface area is 296 Å². The third-order valence-electron chi connectivity index (χ3n) is 12.5. The Bertz CT molecular complexity index is 2240. The third-order valence-corrected chi connectivity index (χ3v) is 12.5. The number of halogens is 2. The van der Waals surface area contributed by atoms with Gasteiger partial charge in [0, 0.05) is 57.9 Å². The fraction of sp³-hybridized carbons (Fsp3) is 0.318. The highest BCUT2D eigenvalue weighted by Crippen LogP contribution is 2.69. The molecule has 0 aromatic heterocycles. The Morgan fingerprint density at radius 1 is 0.784 bits per heavy atom. The van der Waals surface area contributed by atoms with Crippen LogP contribution < -0.4 is 19.1 Å². The molecule has 4 unspecified atom stereocenters. The molecule has 0 radical (unpaired) electrons. The molecule has 5 aromatic carbocycles. The van der Waals surface area contributed by atoms with Gasteiger partial charge in [-0.05, 0) is 108 Å². The zero-order chi connectivity index (χ0) is 34.5. The largest absolute Gasteiger partial charge is 0.497 e. The van der Waals surface area contributed by atoms with Crippen LogP contribution in [0.2, 0.25) is 0 Å². The predicted octanol–water partition coefficient (Wildman–Crippen LogP) is 9.41. The molecule has 5 aliphatic rings. The summed E-state index contributed by atoms with van der Waals surface area (Å²) in [6, 6.07) is 25.3. The molecular formula is C44H39F2NO4. The van der Waals surface area contributed by atoms with E-state index in [4.69, 9.17) is 18.9 Å². The molecule has 258 valence electrons. The van der Waals surface area contributed by atoms with Gasteiger partial charge >= 0.3 is 0 Å². The van der Waals surface area contributed by atoms with Gasteiger partial charge in [0.05, 0.1) is 27.4 Å². The van der Waals surface area contributed by atoms with Gasteiger partial charge in [-0.25, -0.2) is 8.78 Å². The number of anilines is 1. The molecule has 2 saturated carbocycles. The van der Waals surface area contributed by atoms with E-state index in [1.165, 1.54) is 0 Å². The van der Waals surface area contributed by atoms with Crippen LogP contribution in [0.1, 0.15) is 53.5 Å². The topological polar surface area (TPSA) is 40.2 Å². The third kappa shape index (κ3) is 4.33. The summed E-state index contributed by atoms with van der Waals surface area (Å²) in [7, 11) is 3.32. The summed E-state index contributed by atoms with van der Waals surface area (Å²) in [5.41, 5.74) is 5.84. The lowest BCUT2D eigenvalue weighted by atomic mass is 9.65. The lowest BCUT2D eigenvalue weighted by Gasteiger charge is -2.41. The molecule has 2 aliphatic heterocycles. The van der Waals surface area contributed by atoms with E-state index in [-0.39, 0.29) is 5.92 Å². The first-order valence-electron chi connectivity index (χ1n) is 18.1. The zero-order valence-electron chi connectivity index (χ0n) is 28.8. The summed E-state index contributed by atoms with van der Waals surface area (Å²) in [5.74, 6) is 1.96. The minimum absolute atomic E-state index is 0.275. The summed E-state index contributed by atoms with van der Waals surface area (Å²) in [6.07, 6.45) is 8.46. The van der Waals surface area contributed by atoms with Crippen molar-refractivity contribution in [1.29, 1.82) is 0 Å². The minimum Gasteiger partial charge on any atom is -0.497 e. The average Bonchev–Trinajstić information content (AvgIpc) is 3.87. The lowest BCUT2D eigenvalue weighted by Crippen LogP contribution is -2.37. The van der Waals surface area contributed by atoms with Crippen LogP contribution in [-0.4, -0.2) is 40.5 Å². The van der Waals surface area contributed by atoms with E-state index in [0.29, 0.717) is 36.0 Å². The summed E-state index contributed by atoms with van der Waals surface area (Å²) in [4.78, 5) is 2.34. The number of ether oxygens (including phenoxy) is 4. The van der Waals surface area contributed by atoms with Crippen molar-refractivity contribution in [3.8, 4) is 28.4 Å². The maximum absolute atomic E-state index is 16.4. The molecule has 3 fully saturated rings. The maximum atomic E-state index is 16.4. The summed E-state index contributed by atoms with van der Waals surface area (Å²) < 4.78 is 56.0. The number of rotatable bonds is 5. The summed E-state index contributed by atoms with van der Waals surface area (Å²) in [6.45, 7) is 3.12. The Balaban J connectivity index is 1.24. The molecule has 3 aliphatic carbocycles. The first-order chi connectivity index (χ1) is 24.9. The second kappa shape index (κ2) is 11.3. The number of hydrogen-bond donors (Lipinski definition) is 0. The van der Waals surface area contributed by atoms with Crippen molar-refractivity contribution in [2.45, 2.75) is 36.7 Å². The van der Waals surface area contributed by atoms with Crippen LogP contribution in [0.15, 0.2) is 84.9 Å². The van der Waals surface area contributed by atoms with Gasteiger partial charge in [-0.1, -0.05) is 36.8 Å². The highest BCUT2D eigenvalue weighted by molar-refractivity contribution is 6.09. The van der Waals surface area contributed by atoms with Gasteiger partial charge in [0.25, 0.3) is 0 Å². The molecule has 5 nitrogen and oxygen atoms in total. The Morgan fingerprint density at radius 2 is 1.51 bits per heavy atom. The van der Waals surface area contributed by atoms with Gasteiger partial charge in [0.15, 0.2) is 5.60 Å². The number of nitrogens with zero attached hydrogens (tertiary/aromatic N) is 1. The van der Waals surface area contributed by atoms with Crippen molar-refractivity contribution in [3.05, 3.63) is 124 Å². The Morgan fingerprint density at radius 3 is 2.20 bits per heavy atom. The van der Waals surface area contributed by atoms with Crippen molar-refractivity contribution in [2.75, 3.05) is 45.4 Å². The van der Waals surface area contributed by atoms with Crippen LogP contribution in [-0.2, 0) is 15.8 Å². The van der Waals surface area contributed by atoms with Crippen molar-refractivity contribution < 1.29 is 27.7 Å². The van der Waals surface area contributed by atoms with E-state index in [1.807, 2.05) is 30.3 Å². The minimum atomic E-state index is -0.988. The number of methoxy groups -OCH3 is 2. The standard InChI is InChI=1S/C44H39F2NO4/c1-48-32-11-7-28(8-12-32)44(27-5-9-31(10-6-27)47-17-19-50-20-18-47)16-15-35-41-39(34-14-13-33(49-2)24-36(34)42(35)51-44)37-22-30(45)23-38(46)40(37)43(41)25-26-3-4-29(43)21-26/h5-16,22-24,26,29H,3-4,17-21,25H2,1-2H3. The molecule has 2 heterocycles. The second-order valence-electron chi connectivity index (χ2n) is 14.8. The number of benzene rings is 5. The first-order valence-corrected chi connectivity index (χ1v) is 18.1. The second-order valence-corrected chi connectivity index (χ2v) is 14.8. The molecular weight excluding hydrogens is 644 g/mol. The molecule has 1 saturated heterocycles. The van der Waals surface area contributed by atoms with Crippen molar-refractivity contribution in [3.63, 3.8) is 0 Å². The molecule has 51 heavy (non-hydrogen) atoms. The van der Waals surface area contributed by atoms with Gasteiger partial charge in [-0.2, -0.15) is 0 Å². The van der Waals surface area contributed by atoms with Gasteiger partial charge in [-0.15, -0.1) is 0 Å². The maximum Gasteiger partial charge on any atom is 0.178 e. The van der Waals surface area contributed by atoms with Gasteiger partial charge in [0.1, 0.15) is 28.9 Å². The van der Waals surface area contributed by atoms with Crippen molar-refractivity contribution in [2.24, 2.45) is 11.8 Å². The van der Waals surface area contributed by atoms with Crippen LogP contribution in [0.4, 0.5) is 14.5 Å². The molecule has 1 spiro atoms. The van der Waals surface area contributed by atoms with E-state index in [0.717, 1.165) is 101 Å². The van der Waals surface area contributed by atoms with E-state index in [1.54, 1.807) is 20.3 Å². The molecule has 4 atom stereocenters. The quantitative estimate of drug-likeness (QED) is 0.185. The van der Waals surface area contributed by atoms with Crippen LogP contribution in [0.5, 0.6) is 17.2 Å². The van der Waals surface area contributed by atoms with E-state index >= 15 is 8.78 Å². The normalized spacial score (nSPS) is 25.5. The van der Waals surface area contributed by atoms with Crippen LogP contribution in [0.3, 0.4) is 0 Å². The van der Waals surface area contributed by atoms with Crippen LogP contribution in [0, 0.1) is 23.5 Å². The van der Waals surface area contributed by atoms with Crippen LogP contribution in [0.25, 0.3) is 28.0 Å². The predicted molar refractivity (Wildman–Crippen MR) is 195 cm³/mol. The molecule has 5 aromatic rings. The molecule has 0 N–H and O–H groups in total. The summed E-state index contributed by atoms with van der Waals surface area (Å²) in [5, 5.41) is 1.77.